The zero-order valence-corrected chi connectivity index (χ0v) is 17.6. The molecule has 2 nitrogen and oxygen atoms in total. The Kier molecular flexibility index (Phi) is 6.94. The Morgan fingerprint density at radius 2 is 2.00 bits per heavy atom. The molecule has 0 fully saturated rings. The molecule has 3 heteroatoms. The van der Waals surface area contributed by atoms with Crippen molar-refractivity contribution in [2.45, 2.75) is 64.6 Å². The Hall–Kier alpha value is -1.38. The summed E-state index contributed by atoms with van der Waals surface area (Å²) in [6.07, 6.45) is 20.0. The molecule has 1 aliphatic carbocycles. The van der Waals surface area contributed by atoms with Gasteiger partial charge in [0.25, 0.3) is 0 Å². The Morgan fingerprint density at radius 1 is 1.26 bits per heavy atom. The molecular weight excluding hydrogens is 352 g/mol. The van der Waals surface area contributed by atoms with Crippen molar-refractivity contribution in [3.05, 3.63) is 59.2 Å². The zero-order valence-electron chi connectivity index (χ0n) is 16.9. The number of dihydropyridines is 1. The monoisotopic (exact) mass is 384 g/mol. The molecule has 0 bridgehead atoms. The van der Waals surface area contributed by atoms with E-state index in [2.05, 4.69) is 57.0 Å². The van der Waals surface area contributed by atoms with Crippen molar-refractivity contribution in [3.8, 4) is 0 Å². The van der Waals surface area contributed by atoms with Crippen LogP contribution < -0.4 is 5.32 Å². The van der Waals surface area contributed by atoms with Gasteiger partial charge >= 0.3 is 0 Å². The minimum absolute atomic E-state index is 0.167. The van der Waals surface area contributed by atoms with Crippen LogP contribution in [0.3, 0.4) is 0 Å². The number of fused-ring (bicyclic) bond motifs is 1. The van der Waals surface area contributed by atoms with Gasteiger partial charge in [-0.05, 0) is 49.0 Å². The Labute approximate surface area is 169 Å². The highest BCUT2D eigenvalue weighted by Gasteiger charge is 2.39. The number of hydrogen-bond donors (Lipinski definition) is 1. The van der Waals surface area contributed by atoms with Crippen LogP contribution in [0.1, 0.15) is 46.5 Å². The van der Waals surface area contributed by atoms with E-state index >= 15 is 0 Å². The lowest BCUT2D eigenvalue weighted by Crippen LogP contribution is -2.52. The summed E-state index contributed by atoms with van der Waals surface area (Å²) in [4.78, 5) is 4.92. The number of allylic oxidation sites excluding steroid dienone is 5. The van der Waals surface area contributed by atoms with Gasteiger partial charge in [-0.1, -0.05) is 62.6 Å². The smallest absolute Gasteiger partial charge is 0.0765 e. The number of nitrogens with zero attached hydrogens (tertiary/aromatic N) is 1. The van der Waals surface area contributed by atoms with E-state index < -0.39 is 0 Å². The van der Waals surface area contributed by atoms with Crippen molar-refractivity contribution in [1.82, 2.24) is 5.32 Å². The minimum atomic E-state index is 0.167. The molecule has 5 atom stereocenters. The van der Waals surface area contributed by atoms with E-state index in [1.54, 1.807) is 5.57 Å². The predicted molar refractivity (Wildman–Crippen MR) is 118 cm³/mol. The van der Waals surface area contributed by atoms with Crippen LogP contribution >= 0.6 is 11.6 Å². The number of aliphatic imine (C=N–C) groups is 1. The molecule has 0 saturated heterocycles. The molecule has 0 aromatic heterocycles. The summed E-state index contributed by atoms with van der Waals surface area (Å²) in [5.74, 6) is 1.15. The average Bonchev–Trinajstić information content (AvgIpc) is 2.67. The number of hydrogen-bond acceptors (Lipinski definition) is 2. The highest BCUT2D eigenvalue weighted by atomic mass is 35.5. The normalized spacial score (nSPS) is 32.6. The maximum Gasteiger partial charge on any atom is 0.0765 e. The molecule has 1 N–H and O–H groups in total. The van der Waals surface area contributed by atoms with Gasteiger partial charge < -0.3 is 5.32 Å². The highest BCUT2D eigenvalue weighted by Crippen LogP contribution is 2.39. The van der Waals surface area contributed by atoms with Gasteiger partial charge in [-0.2, -0.15) is 0 Å². The van der Waals surface area contributed by atoms with Gasteiger partial charge in [0, 0.05) is 29.1 Å². The maximum absolute atomic E-state index is 6.24. The van der Waals surface area contributed by atoms with Gasteiger partial charge in [-0.3, -0.25) is 4.99 Å². The molecule has 3 aliphatic rings. The van der Waals surface area contributed by atoms with Crippen molar-refractivity contribution in [3.63, 3.8) is 0 Å². The SMILES string of the molecule is C=CC1C=C(Cl)C=CC1C1N=CC=C2C(C(CCC)CCC)=CC(C)NC21. The van der Waals surface area contributed by atoms with Crippen molar-refractivity contribution in [1.29, 1.82) is 0 Å². The molecule has 2 aliphatic heterocycles. The van der Waals surface area contributed by atoms with E-state index in [9.17, 15) is 0 Å². The molecule has 5 unspecified atom stereocenters. The lowest BCUT2D eigenvalue weighted by molar-refractivity contribution is 0.342. The summed E-state index contributed by atoms with van der Waals surface area (Å²) in [7, 11) is 0. The molecule has 0 amide bonds. The number of rotatable bonds is 7. The van der Waals surface area contributed by atoms with Gasteiger partial charge in [0.15, 0.2) is 0 Å². The van der Waals surface area contributed by atoms with E-state index in [4.69, 9.17) is 16.6 Å². The third kappa shape index (κ3) is 4.38. The third-order valence-corrected chi connectivity index (χ3v) is 6.30. The predicted octanol–water partition coefficient (Wildman–Crippen LogP) is 5.98. The molecular formula is C24H33ClN2. The first-order chi connectivity index (χ1) is 13.1. The van der Waals surface area contributed by atoms with Crippen molar-refractivity contribution < 1.29 is 0 Å². The van der Waals surface area contributed by atoms with Crippen molar-refractivity contribution in [2.75, 3.05) is 0 Å². The maximum atomic E-state index is 6.24. The Bertz CT molecular complexity index is 691. The fourth-order valence-electron chi connectivity index (χ4n) is 4.85. The van der Waals surface area contributed by atoms with E-state index in [0.29, 0.717) is 12.0 Å². The van der Waals surface area contributed by atoms with E-state index in [1.807, 2.05) is 18.4 Å². The van der Waals surface area contributed by atoms with Crippen LogP contribution in [0.2, 0.25) is 0 Å². The molecule has 0 aromatic rings. The van der Waals surface area contributed by atoms with Gasteiger partial charge in [-0.25, -0.2) is 0 Å². The molecule has 2 heterocycles. The van der Waals surface area contributed by atoms with Crippen LogP contribution in [0.25, 0.3) is 0 Å². The van der Waals surface area contributed by atoms with Crippen LogP contribution in [-0.4, -0.2) is 24.3 Å². The van der Waals surface area contributed by atoms with Crippen LogP contribution in [0, 0.1) is 17.8 Å². The molecule has 146 valence electrons. The highest BCUT2D eigenvalue weighted by molar-refractivity contribution is 6.31. The summed E-state index contributed by atoms with van der Waals surface area (Å²) < 4.78 is 0. The second-order valence-electron chi connectivity index (χ2n) is 8.04. The summed E-state index contributed by atoms with van der Waals surface area (Å²) in [6.45, 7) is 10.9. The first kappa shape index (κ1) is 20.4. The van der Waals surface area contributed by atoms with Crippen molar-refractivity contribution >= 4 is 17.8 Å². The molecule has 0 saturated carbocycles. The first-order valence-electron chi connectivity index (χ1n) is 10.5. The summed E-state index contributed by atoms with van der Waals surface area (Å²) in [5.41, 5.74) is 2.99. The van der Waals surface area contributed by atoms with Gasteiger partial charge in [0.1, 0.15) is 0 Å². The molecule has 0 radical (unpaired) electrons. The summed E-state index contributed by atoms with van der Waals surface area (Å²) >= 11 is 6.24. The van der Waals surface area contributed by atoms with Crippen LogP contribution in [0.15, 0.2) is 64.2 Å². The van der Waals surface area contributed by atoms with E-state index in [0.717, 1.165) is 5.03 Å². The first-order valence-corrected chi connectivity index (χ1v) is 10.9. The molecule has 0 spiro atoms. The van der Waals surface area contributed by atoms with Crippen molar-refractivity contribution in [2.24, 2.45) is 22.7 Å². The minimum Gasteiger partial charge on any atom is -0.302 e. The lowest BCUT2D eigenvalue weighted by atomic mass is 9.72. The second kappa shape index (κ2) is 9.21. The third-order valence-electron chi connectivity index (χ3n) is 6.05. The van der Waals surface area contributed by atoms with Gasteiger partial charge in [-0.15, -0.1) is 6.58 Å². The van der Waals surface area contributed by atoms with Crippen LogP contribution in [0.4, 0.5) is 0 Å². The standard InChI is InChI=1S/C24H33ClN2/c1-5-8-18(9-6-2)22-14-16(4)27-24-21(22)12-13-26-23(24)20-11-10-19(25)15-17(20)7-3/h7,10-18,20,23-24,27H,3,5-6,8-9H2,1-2,4H3. The van der Waals surface area contributed by atoms with Gasteiger partial charge in [0.2, 0.25) is 0 Å². The molecule has 27 heavy (non-hydrogen) atoms. The quantitative estimate of drug-likeness (QED) is 0.536. The lowest BCUT2D eigenvalue weighted by Gasteiger charge is -2.42. The molecule has 0 aromatic carbocycles. The fraction of sp³-hybridized carbons (Fsp3) is 0.542. The molecule has 3 rings (SSSR count). The number of nitrogens with one attached hydrogen (secondary N) is 1. The summed E-state index contributed by atoms with van der Waals surface area (Å²) in [5, 5.41) is 4.60. The average molecular weight is 385 g/mol. The Morgan fingerprint density at radius 3 is 2.67 bits per heavy atom. The van der Waals surface area contributed by atoms with E-state index in [1.165, 1.54) is 31.3 Å². The van der Waals surface area contributed by atoms with Gasteiger partial charge in [0.05, 0.1) is 12.1 Å². The largest absolute Gasteiger partial charge is 0.302 e. The summed E-state index contributed by atoms with van der Waals surface area (Å²) in [6, 6.07) is 0.784. The second-order valence-corrected chi connectivity index (χ2v) is 8.48. The zero-order chi connectivity index (χ0) is 19.4. The van der Waals surface area contributed by atoms with E-state index in [-0.39, 0.29) is 23.9 Å². The van der Waals surface area contributed by atoms with Crippen LogP contribution in [0.5, 0.6) is 0 Å². The fourth-order valence-corrected chi connectivity index (χ4v) is 5.07. The topological polar surface area (TPSA) is 24.4 Å². The number of halogens is 1. The Balaban J connectivity index is 1.91. The van der Waals surface area contributed by atoms with Crippen LogP contribution in [-0.2, 0) is 0 Å².